The lowest BCUT2D eigenvalue weighted by molar-refractivity contribution is 0.0596. The first-order valence-electron chi connectivity index (χ1n) is 11.8. The number of esters is 1. The van der Waals surface area contributed by atoms with Gasteiger partial charge in [0.1, 0.15) is 11.3 Å². The number of hydrogen-bond acceptors (Lipinski definition) is 10. The Morgan fingerprint density at radius 3 is 2.53 bits per heavy atom. The van der Waals surface area contributed by atoms with Crippen LogP contribution in [-0.4, -0.2) is 78.4 Å². The van der Waals surface area contributed by atoms with Gasteiger partial charge in [0, 0.05) is 67.0 Å². The summed E-state index contributed by atoms with van der Waals surface area (Å²) in [5.41, 5.74) is 9.32. The molecule has 1 aliphatic rings. The number of carbonyl (C=O) groups excluding carboxylic acids is 1. The predicted octanol–water partition coefficient (Wildman–Crippen LogP) is 3.30. The molecule has 0 unspecified atom stereocenters. The lowest BCUT2D eigenvalue weighted by Gasteiger charge is -2.36. The van der Waals surface area contributed by atoms with Gasteiger partial charge < -0.3 is 25.0 Å². The Balaban J connectivity index is 1.63. The first-order chi connectivity index (χ1) is 17.3. The fourth-order valence-electron chi connectivity index (χ4n) is 4.37. The van der Waals surface area contributed by atoms with E-state index in [-0.39, 0.29) is 11.4 Å². The Hall–Kier alpha value is -3.76. The topological polar surface area (TPSA) is 131 Å². The molecule has 1 saturated heterocycles. The molecular formula is C26H32N6O4. The third-order valence-electron chi connectivity index (χ3n) is 6.44. The minimum atomic E-state index is -0.558. The molecule has 0 aliphatic carbocycles. The largest absolute Gasteiger partial charge is 0.480 e. The molecule has 0 radical (unpaired) electrons. The van der Waals surface area contributed by atoms with E-state index in [1.54, 1.807) is 24.5 Å². The van der Waals surface area contributed by atoms with Crippen LogP contribution in [0, 0.1) is 5.41 Å². The summed E-state index contributed by atoms with van der Waals surface area (Å²) in [5, 5.41) is 7.91. The number of nitrogens with zero attached hydrogens (tertiary/aromatic N) is 4. The van der Waals surface area contributed by atoms with Gasteiger partial charge >= 0.3 is 5.97 Å². The van der Waals surface area contributed by atoms with Crippen molar-refractivity contribution in [3.8, 4) is 28.5 Å². The molecule has 1 fully saturated rings. The van der Waals surface area contributed by atoms with Gasteiger partial charge in [-0.15, -0.1) is 0 Å². The van der Waals surface area contributed by atoms with Gasteiger partial charge in [0.25, 0.3) is 0 Å². The van der Waals surface area contributed by atoms with E-state index in [1.807, 2.05) is 6.07 Å². The normalized spacial score (nSPS) is 14.7. The third-order valence-corrected chi connectivity index (χ3v) is 6.44. The molecule has 2 aromatic heterocycles. The number of anilines is 1. The van der Waals surface area contributed by atoms with E-state index >= 15 is 0 Å². The summed E-state index contributed by atoms with van der Waals surface area (Å²) in [7, 11) is 2.74. The monoisotopic (exact) mass is 492 g/mol. The van der Waals surface area contributed by atoms with Gasteiger partial charge in [-0.05, 0) is 37.6 Å². The minimum absolute atomic E-state index is 0.168. The van der Waals surface area contributed by atoms with Gasteiger partial charge in [-0.25, -0.2) is 14.8 Å². The Labute approximate surface area is 210 Å². The standard InChI is InChI=1S/C26H32N6O4/c1-16(2)32-7-5-31(6-8-32)15-19-14-30-25(36-19)20-9-17(11-23(28)22(20)12-27)18-10-21(26(33)35-4)24(34-3)29-13-18/h9-14,16,27H,5-8,15,28H2,1-4H3. The number of nitrogen functional groups attached to an aromatic ring is 1. The van der Waals surface area contributed by atoms with E-state index in [9.17, 15) is 4.79 Å². The molecule has 36 heavy (non-hydrogen) atoms. The first kappa shape index (κ1) is 25.3. The number of oxazole rings is 1. The van der Waals surface area contributed by atoms with Crippen molar-refractivity contribution >= 4 is 17.9 Å². The molecule has 0 amide bonds. The molecule has 0 atom stereocenters. The molecule has 0 bridgehead atoms. The molecule has 0 saturated carbocycles. The smallest absolute Gasteiger partial charge is 0.343 e. The number of ether oxygens (including phenoxy) is 2. The van der Waals surface area contributed by atoms with Crippen LogP contribution >= 0.6 is 0 Å². The van der Waals surface area contributed by atoms with Gasteiger partial charge in [0.05, 0.1) is 27.0 Å². The molecule has 3 heterocycles. The third kappa shape index (κ3) is 5.24. The number of carbonyl (C=O) groups is 1. The van der Waals surface area contributed by atoms with Crippen LogP contribution in [0.4, 0.5) is 5.69 Å². The highest BCUT2D eigenvalue weighted by atomic mass is 16.5. The minimum Gasteiger partial charge on any atom is -0.480 e. The summed E-state index contributed by atoms with van der Waals surface area (Å²) in [5.74, 6) is 0.744. The van der Waals surface area contributed by atoms with Crippen molar-refractivity contribution in [3.63, 3.8) is 0 Å². The SMILES string of the molecule is COC(=O)c1cc(-c2cc(N)c(C=N)c(-c3ncc(CN4CCN(C(C)C)CC4)o3)c2)cnc1OC. The maximum atomic E-state index is 12.2. The molecule has 10 heteroatoms. The van der Waals surface area contributed by atoms with Crippen LogP contribution in [0.25, 0.3) is 22.6 Å². The zero-order valence-corrected chi connectivity index (χ0v) is 21.1. The molecule has 3 N–H and O–H groups in total. The second-order valence-corrected chi connectivity index (χ2v) is 8.98. The molecular weight excluding hydrogens is 460 g/mol. The second-order valence-electron chi connectivity index (χ2n) is 8.98. The highest BCUT2D eigenvalue weighted by Crippen LogP contribution is 2.34. The van der Waals surface area contributed by atoms with Gasteiger partial charge in [-0.2, -0.15) is 0 Å². The summed E-state index contributed by atoms with van der Waals surface area (Å²) >= 11 is 0. The Morgan fingerprint density at radius 2 is 1.89 bits per heavy atom. The van der Waals surface area contributed by atoms with Crippen molar-refractivity contribution in [2.75, 3.05) is 46.1 Å². The average molecular weight is 493 g/mol. The van der Waals surface area contributed by atoms with Crippen molar-refractivity contribution in [3.05, 3.63) is 47.5 Å². The van der Waals surface area contributed by atoms with Gasteiger partial charge in [-0.3, -0.25) is 9.80 Å². The fourth-order valence-corrected chi connectivity index (χ4v) is 4.37. The van der Waals surface area contributed by atoms with Crippen LogP contribution in [0.1, 0.15) is 35.5 Å². The lowest BCUT2D eigenvalue weighted by Crippen LogP contribution is -2.48. The van der Waals surface area contributed by atoms with E-state index in [0.717, 1.165) is 31.9 Å². The summed E-state index contributed by atoms with van der Waals surface area (Å²) in [6, 6.07) is 5.74. The van der Waals surface area contributed by atoms with E-state index in [2.05, 4.69) is 33.6 Å². The summed E-state index contributed by atoms with van der Waals surface area (Å²) < 4.78 is 16.2. The highest BCUT2D eigenvalue weighted by Gasteiger charge is 2.22. The zero-order valence-electron chi connectivity index (χ0n) is 21.1. The van der Waals surface area contributed by atoms with E-state index in [0.29, 0.717) is 46.4 Å². The summed E-state index contributed by atoms with van der Waals surface area (Å²) in [4.78, 5) is 25.8. The van der Waals surface area contributed by atoms with Crippen molar-refractivity contribution < 1.29 is 18.7 Å². The van der Waals surface area contributed by atoms with Gasteiger partial charge in [0.15, 0.2) is 0 Å². The summed E-state index contributed by atoms with van der Waals surface area (Å²) in [6.07, 6.45) is 4.51. The number of piperazine rings is 1. The Morgan fingerprint density at radius 1 is 1.14 bits per heavy atom. The van der Waals surface area contributed by atoms with E-state index in [1.165, 1.54) is 20.4 Å². The molecule has 4 rings (SSSR count). The average Bonchev–Trinajstić information content (AvgIpc) is 3.35. The second kappa shape index (κ2) is 10.9. The van der Waals surface area contributed by atoms with Crippen LogP contribution in [0.2, 0.25) is 0 Å². The highest BCUT2D eigenvalue weighted by molar-refractivity contribution is 5.97. The number of aromatic nitrogens is 2. The van der Waals surface area contributed by atoms with Gasteiger partial charge in [0.2, 0.25) is 11.8 Å². The molecule has 3 aromatic rings. The van der Waals surface area contributed by atoms with Crippen LogP contribution in [0.15, 0.2) is 35.0 Å². The van der Waals surface area contributed by atoms with Crippen molar-refractivity contribution in [1.82, 2.24) is 19.8 Å². The number of methoxy groups -OCH3 is 2. The van der Waals surface area contributed by atoms with E-state index < -0.39 is 5.97 Å². The number of benzene rings is 1. The lowest BCUT2D eigenvalue weighted by atomic mass is 9.97. The fraction of sp³-hybridized carbons (Fsp3) is 0.385. The maximum Gasteiger partial charge on any atom is 0.343 e. The number of rotatable bonds is 8. The first-order valence-corrected chi connectivity index (χ1v) is 11.8. The summed E-state index contributed by atoms with van der Waals surface area (Å²) in [6.45, 7) is 9.09. The molecule has 10 nitrogen and oxygen atoms in total. The zero-order chi connectivity index (χ0) is 25.8. The molecule has 1 aromatic carbocycles. The van der Waals surface area contributed by atoms with Crippen LogP contribution in [0.5, 0.6) is 5.88 Å². The predicted molar refractivity (Wildman–Crippen MR) is 137 cm³/mol. The van der Waals surface area contributed by atoms with Crippen molar-refractivity contribution in [1.29, 1.82) is 5.41 Å². The van der Waals surface area contributed by atoms with Crippen LogP contribution in [-0.2, 0) is 11.3 Å². The molecule has 0 spiro atoms. The number of hydrogen-bond donors (Lipinski definition) is 2. The van der Waals surface area contributed by atoms with Crippen molar-refractivity contribution in [2.45, 2.75) is 26.4 Å². The van der Waals surface area contributed by atoms with Crippen molar-refractivity contribution in [2.24, 2.45) is 0 Å². The Kier molecular flexibility index (Phi) is 7.66. The number of nitrogens with one attached hydrogen (secondary N) is 1. The molecule has 190 valence electrons. The van der Waals surface area contributed by atoms with Crippen LogP contribution < -0.4 is 10.5 Å². The van der Waals surface area contributed by atoms with E-state index in [4.69, 9.17) is 25.0 Å². The maximum absolute atomic E-state index is 12.2. The Bertz CT molecular complexity index is 1250. The number of nitrogens with two attached hydrogens (primary N) is 1. The quantitative estimate of drug-likeness (QED) is 0.276. The number of pyridine rings is 1. The molecule has 1 aliphatic heterocycles. The van der Waals surface area contributed by atoms with Crippen LogP contribution in [0.3, 0.4) is 0 Å². The van der Waals surface area contributed by atoms with Gasteiger partial charge in [-0.1, -0.05) is 0 Å².